The molecule has 0 aromatic heterocycles. The molecule has 0 radical (unpaired) electrons. The predicted octanol–water partition coefficient (Wildman–Crippen LogP) is 4.07. The molecule has 0 N–H and O–H groups in total. The summed E-state index contributed by atoms with van der Waals surface area (Å²) in [5.74, 6) is 1.81. The number of hydrogen-bond donors (Lipinski definition) is 0. The Balaban J connectivity index is 1.35. The predicted molar refractivity (Wildman–Crippen MR) is 111 cm³/mol. The molecule has 4 rings (SSSR count). The highest BCUT2D eigenvalue weighted by atomic mass is 16.5. The molecule has 2 aliphatic heterocycles. The lowest BCUT2D eigenvalue weighted by atomic mass is 9.88. The fourth-order valence-electron chi connectivity index (χ4n) is 4.64. The molecule has 1 amide bonds. The first-order valence-corrected chi connectivity index (χ1v) is 10.5. The number of likely N-dealkylation sites (tertiary alicyclic amines) is 2. The van der Waals surface area contributed by atoms with Crippen molar-refractivity contribution in [2.45, 2.75) is 44.2 Å². The Morgan fingerprint density at radius 3 is 2.32 bits per heavy atom. The topological polar surface area (TPSA) is 32.8 Å². The van der Waals surface area contributed by atoms with Gasteiger partial charge < -0.3 is 9.64 Å². The molecule has 1 unspecified atom stereocenters. The zero-order valence-corrected chi connectivity index (χ0v) is 16.7. The molecule has 4 heteroatoms. The third kappa shape index (κ3) is 4.22. The summed E-state index contributed by atoms with van der Waals surface area (Å²) >= 11 is 0. The molecule has 2 aromatic carbocycles. The van der Waals surface area contributed by atoms with E-state index in [2.05, 4.69) is 34.1 Å². The Bertz CT molecular complexity index is 767. The number of hydrogen-bond acceptors (Lipinski definition) is 3. The van der Waals surface area contributed by atoms with Crippen LogP contribution in [0.1, 0.15) is 42.7 Å². The molecule has 2 fully saturated rings. The van der Waals surface area contributed by atoms with Crippen molar-refractivity contribution >= 4 is 5.91 Å². The first-order valence-electron chi connectivity index (χ1n) is 10.5. The molecule has 2 saturated heterocycles. The normalized spacial score (nSPS) is 21.7. The van der Waals surface area contributed by atoms with E-state index in [1.165, 1.54) is 11.1 Å². The van der Waals surface area contributed by atoms with Gasteiger partial charge in [-0.3, -0.25) is 9.69 Å². The highest BCUT2D eigenvalue weighted by Crippen LogP contribution is 2.31. The smallest absolute Gasteiger partial charge is 0.240 e. The minimum Gasteiger partial charge on any atom is -0.497 e. The highest BCUT2D eigenvalue weighted by Gasteiger charge is 2.35. The van der Waals surface area contributed by atoms with Gasteiger partial charge in [0.2, 0.25) is 5.91 Å². The van der Waals surface area contributed by atoms with Gasteiger partial charge in [-0.2, -0.15) is 0 Å². The summed E-state index contributed by atoms with van der Waals surface area (Å²) < 4.78 is 5.27. The van der Waals surface area contributed by atoms with Crippen molar-refractivity contribution in [2.75, 3.05) is 26.7 Å². The molecule has 2 aliphatic rings. The molecule has 2 aromatic rings. The molecular formula is C24H30N2O2. The SMILES string of the molecule is COc1ccc(C2CCN(C3CCCN(Cc4ccccc4)C3=O)CC2)cc1. The van der Waals surface area contributed by atoms with Gasteiger partial charge in [0.1, 0.15) is 5.75 Å². The fourth-order valence-corrected chi connectivity index (χ4v) is 4.64. The molecule has 0 saturated carbocycles. The number of carbonyl (C=O) groups excluding carboxylic acids is 1. The number of nitrogens with zero attached hydrogens (tertiary/aromatic N) is 2. The summed E-state index contributed by atoms with van der Waals surface area (Å²) in [7, 11) is 1.70. The molecule has 0 bridgehead atoms. The third-order valence-electron chi connectivity index (χ3n) is 6.28. The van der Waals surface area contributed by atoms with Crippen molar-refractivity contribution in [2.24, 2.45) is 0 Å². The van der Waals surface area contributed by atoms with Crippen LogP contribution < -0.4 is 4.74 Å². The van der Waals surface area contributed by atoms with Crippen LogP contribution in [0.25, 0.3) is 0 Å². The quantitative estimate of drug-likeness (QED) is 0.786. The summed E-state index contributed by atoms with van der Waals surface area (Å²) in [5, 5.41) is 0. The van der Waals surface area contributed by atoms with Crippen molar-refractivity contribution in [1.29, 1.82) is 0 Å². The average molecular weight is 379 g/mol. The summed E-state index contributed by atoms with van der Waals surface area (Å²) in [6, 6.07) is 18.9. The Hall–Kier alpha value is -2.33. The van der Waals surface area contributed by atoms with Gasteiger partial charge in [-0.1, -0.05) is 42.5 Å². The fraction of sp³-hybridized carbons (Fsp3) is 0.458. The van der Waals surface area contributed by atoms with Crippen LogP contribution in [0.15, 0.2) is 54.6 Å². The number of rotatable bonds is 5. The zero-order chi connectivity index (χ0) is 19.3. The van der Waals surface area contributed by atoms with Gasteiger partial charge in [0.25, 0.3) is 0 Å². The minimum atomic E-state index is 0.0641. The maximum absolute atomic E-state index is 13.1. The van der Waals surface area contributed by atoms with Crippen LogP contribution in [-0.2, 0) is 11.3 Å². The Morgan fingerprint density at radius 1 is 0.929 bits per heavy atom. The maximum atomic E-state index is 13.1. The molecule has 28 heavy (non-hydrogen) atoms. The van der Waals surface area contributed by atoms with Gasteiger partial charge in [-0.05, 0) is 68.0 Å². The second kappa shape index (κ2) is 8.78. The molecule has 0 spiro atoms. The van der Waals surface area contributed by atoms with Crippen LogP contribution in [0.5, 0.6) is 5.75 Å². The van der Waals surface area contributed by atoms with Crippen molar-refractivity contribution in [3.63, 3.8) is 0 Å². The van der Waals surface area contributed by atoms with E-state index in [0.717, 1.165) is 57.6 Å². The minimum absolute atomic E-state index is 0.0641. The van der Waals surface area contributed by atoms with Gasteiger partial charge in [-0.15, -0.1) is 0 Å². The van der Waals surface area contributed by atoms with Crippen LogP contribution in [0.4, 0.5) is 0 Å². The highest BCUT2D eigenvalue weighted by molar-refractivity contribution is 5.82. The molecule has 2 heterocycles. The van der Waals surface area contributed by atoms with E-state index < -0.39 is 0 Å². The summed E-state index contributed by atoms with van der Waals surface area (Å²) in [6.07, 6.45) is 4.34. The van der Waals surface area contributed by atoms with Gasteiger partial charge in [-0.25, -0.2) is 0 Å². The van der Waals surface area contributed by atoms with Gasteiger partial charge in [0, 0.05) is 13.1 Å². The van der Waals surface area contributed by atoms with Crippen molar-refractivity contribution in [3.05, 3.63) is 65.7 Å². The maximum Gasteiger partial charge on any atom is 0.240 e. The van der Waals surface area contributed by atoms with E-state index in [-0.39, 0.29) is 6.04 Å². The first-order chi connectivity index (χ1) is 13.7. The molecule has 4 nitrogen and oxygen atoms in total. The number of benzene rings is 2. The summed E-state index contributed by atoms with van der Waals surface area (Å²) in [6.45, 7) is 3.63. The molecular weight excluding hydrogens is 348 g/mol. The molecule has 148 valence electrons. The Labute approximate surface area is 168 Å². The summed E-state index contributed by atoms with van der Waals surface area (Å²) in [4.78, 5) is 17.6. The number of piperidine rings is 2. The largest absolute Gasteiger partial charge is 0.497 e. The first kappa shape index (κ1) is 19.0. The summed E-state index contributed by atoms with van der Waals surface area (Å²) in [5.41, 5.74) is 2.61. The van der Waals surface area contributed by atoms with E-state index in [4.69, 9.17) is 4.74 Å². The second-order valence-corrected chi connectivity index (χ2v) is 7.99. The van der Waals surface area contributed by atoms with Crippen LogP contribution in [0, 0.1) is 0 Å². The zero-order valence-electron chi connectivity index (χ0n) is 16.7. The second-order valence-electron chi connectivity index (χ2n) is 7.99. The monoisotopic (exact) mass is 378 g/mol. The Kier molecular flexibility index (Phi) is 5.96. The van der Waals surface area contributed by atoms with E-state index in [0.29, 0.717) is 11.8 Å². The lowest BCUT2D eigenvalue weighted by Crippen LogP contribution is -2.53. The van der Waals surface area contributed by atoms with Gasteiger partial charge in [0.05, 0.1) is 13.2 Å². The van der Waals surface area contributed by atoms with Crippen LogP contribution in [0.2, 0.25) is 0 Å². The van der Waals surface area contributed by atoms with Crippen LogP contribution in [0.3, 0.4) is 0 Å². The number of carbonyl (C=O) groups is 1. The van der Waals surface area contributed by atoms with E-state index >= 15 is 0 Å². The van der Waals surface area contributed by atoms with Crippen molar-refractivity contribution < 1.29 is 9.53 Å². The Morgan fingerprint density at radius 2 is 1.64 bits per heavy atom. The van der Waals surface area contributed by atoms with E-state index in [1.54, 1.807) is 7.11 Å². The lowest BCUT2D eigenvalue weighted by Gasteiger charge is -2.41. The third-order valence-corrected chi connectivity index (χ3v) is 6.28. The van der Waals surface area contributed by atoms with Crippen LogP contribution >= 0.6 is 0 Å². The van der Waals surface area contributed by atoms with Gasteiger partial charge in [0.15, 0.2) is 0 Å². The van der Waals surface area contributed by atoms with Crippen LogP contribution in [-0.4, -0.2) is 48.5 Å². The number of amides is 1. The molecule has 1 atom stereocenters. The number of ether oxygens (including phenoxy) is 1. The van der Waals surface area contributed by atoms with Crippen molar-refractivity contribution in [3.8, 4) is 5.75 Å². The van der Waals surface area contributed by atoms with E-state index in [1.807, 2.05) is 30.3 Å². The van der Waals surface area contributed by atoms with Crippen molar-refractivity contribution in [1.82, 2.24) is 9.80 Å². The molecule has 0 aliphatic carbocycles. The average Bonchev–Trinajstić information content (AvgIpc) is 2.76. The van der Waals surface area contributed by atoms with E-state index in [9.17, 15) is 4.79 Å². The van der Waals surface area contributed by atoms with Gasteiger partial charge >= 0.3 is 0 Å². The lowest BCUT2D eigenvalue weighted by molar-refractivity contribution is -0.141. The standard InChI is InChI=1S/C24H30N2O2/c1-28-22-11-9-20(10-12-22)21-13-16-25(17-14-21)23-8-5-15-26(24(23)27)18-19-6-3-2-4-7-19/h2-4,6-7,9-12,21,23H,5,8,13-18H2,1H3. The number of methoxy groups -OCH3 is 1.